The lowest BCUT2D eigenvalue weighted by atomic mass is 10.1. The number of carbonyl (C=O) groups is 2. The van der Waals surface area contributed by atoms with E-state index in [1.807, 2.05) is 0 Å². The quantitative estimate of drug-likeness (QED) is 0.897. The maximum Gasteiger partial charge on any atom is 0.257 e. The van der Waals surface area contributed by atoms with Crippen molar-refractivity contribution in [3.63, 3.8) is 0 Å². The predicted molar refractivity (Wildman–Crippen MR) is 94.5 cm³/mol. The van der Waals surface area contributed by atoms with E-state index in [0.717, 1.165) is 25.9 Å². The van der Waals surface area contributed by atoms with E-state index in [-0.39, 0.29) is 11.8 Å². The summed E-state index contributed by atoms with van der Waals surface area (Å²) in [4.78, 5) is 28.2. The van der Waals surface area contributed by atoms with Gasteiger partial charge in [0.25, 0.3) is 5.91 Å². The summed E-state index contributed by atoms with van der Waals surface area (Å²) in [5, 5.41) is 2.89. The molecule has 0 aromatic heterocycles. The van der Waals surface area contributed by atoms with Gasteiger partial charge in [0.15, 0.2) is 0 Å². The number of carbonyl (C=O) groups excluding carboxylic acids is 2. The molecule has 1 fully saturated rings. The van der Waals surface area contributed by atoms with Crippen molar-refractivity contribution in [1.29, 1.82) is 0 Å². The molecule has 2 rings (SSSR count). The largest absolute Gasteiger partial charge is 0.496 e. The van der Waals surface area contributed by atoms with Crippen LogP contribution in [0.3, 0.4) is 0 Å². The summed E-state index contributed by atoms with van der Waals surface area (Å²) in [6.45, 7) is 2.34. The fourth-order valence-corrected chi connectivity index (χ4v) is 2.89. The number of benzene rings is 1. The summed E-state index contributed by atoms with van der Waals surface area (Å²) in [7, 11) is 4.90. The first-order valence-corrected chi connectivity index (χ1v) is 8.43. The fraction of sp³-hybridized carbons (Fsp3) is 0.556. The molecule has 6 nitrogen and oxygen atoms in total. The maximum absolute atomic E-state index is 12.3. The Hall–Kier alpha value is -2.08. The highest BCUT2D eigenvalue weighted by Gasteiger charge is 2.17. The van der Waals surface area contributed by atoms with E-state index >= 15 is 0 Å². The second kappa shape index (κ2) is 8.68. The van der Waals surface area contributed by atoms with E-state index in [1.54, 1.807) is 32.3 Å². The molecule has 1 aromatic carbocycles. The van der Waals surface area contributed by atoms with Crippen LogP contribution in [0.15, 0.2) is 18.2 Å². The molecule has 1 heterocycles. The zero-order chi connectivity index (χ0) is 17.5. The molecule has 6 heteroatoms. The molecule has 0 saturated carbocycles. The smallest absolute Gasteiger partial charge is 0.257 e. The Morgan fingerprint density at radius 2 is 1.83 bits per heavy atom. The number of ether oxygens (including phenoxy) is 1. The van der Waals surface area contributed by atoms with Crippen LogP contribution in [0, 0.1) is 0 Å². The van der Waals surface area contributed by atoms with Gasteiger partial charge in [0, 0.05) is 19.8 Å². The first kappa shape index (κ1) is 18.3. The highest BCUT2D eigenvalue weighted by atomic mass is 16.5. The molecule has 2 amide bonds. The van der Waals surface area contributed by atoms with Crippen LogP contribution < -0.4 is 10.1 Å². The molecule has 1 aliphatic heterocycles. The normalized spacial score (nSPS) is 15.5. The highest BCUT2D eigenvalue weighted by Crippen LogP contribution is 2.23. The van der Waals surface area contributed by atoms with Crippen molar-refractivity contribution in [1.82, 2.24) is 9.80 Å². The van der Waals surface area contributed by atoms with Crippen LogP contribution in [0.1, 0.15) is 36.0 Å². The average molecular weight is 333 g/mol. The van der Waals surface area contributed by atoms with Crippen LogP contribution in [-0.2, 0) is 4.79 Å². The number of anilines is 1. The number of likely N-dealkylation sites (tertiary alicyclic amines) is 1. The number of methoxy groups -OCH3 is 1. The second-order valence-corrected chi connectivity index (χ2v) is 6.35. The lowest BCUT2D eigenvalue weighted by Gasteiger charge is -2.19. The molecule has 0 atom stereocenters. The van der Waals surface area contributed by atoms with Crippen LogP contribution in [0.4, 0.5) is 5.69 Å². The lowest BCUT2D eigenvalue weighted by Crippen LogP contribution is -2.34. The first-order chi connectivity index (χ1) is 11.5. The maximum atomic E-state index is 12.3. The number of nitrogens with zero attached hydrogens (tertiary/aromatic N) is 2. The minimum absolute atomic E-state index is 0.0506. The van der Waals surface area contributed by atoms with Crippen LogP contribution in [0.5, 0.6) is 5.75 Å². The first-order valence-electron chi connectivity index (χ1n) is 8.43. The zero-order valence-corrected chi connectivity index (χ0v) is 14.8. The Balaban J connectivity index is 2.04. The molecular formula is C18H27N3O3. The monoisotopic (exact) mass is 333 g/mol. The van der Waals surface area contributed by atoms with E-state index in [0.29, 0.717) is 23.5 Å². The van der Waals surface area contributed by atoms with Crippen molar-refractivity contribution in [3.8, 4) is 5.75 Å². The molecule has 1 aliphatic rings. The van der Waals surface area contributed by atoms with Gasteiger partial charge in [0.05, 0.1) is 19.2 Å². The summed E-state index contributed by atoms with van der Waals surface area (Å²) >= 11 is 0. The summed E-state index contributed by atoms with van der Waals surface area (Å²) in [5.41, 5.74) is 1.05. The molecule has 0 radical (unpaired) electrons. The van der Waals surface area contributed by atoms with Gasteiger partial charge in [-0.3, -0.25) is 14.5 Å². The Labute approximate surface area is 143 Å². The van der Waals surface area contributed by atoms with E-state index in [2.05, 4.69) is 10.2 Å². The zero-order valence-electron chi connectivity index (χ0n) is 14.8. The summed E-state index contributed by atoms with van der Waals surface area (Å²) in [6.07, 6.45) is 4.79. The second-order valence-electron chi connectivity index (χ2n) is 6.35. The summed E-state index contributed by atoms with van der Waals surface area (Å²) < 4.78 is 5.24. The summed E-state index contributed by atoms with van der Waals surface area (Å²) in [5.74, 6) is 0.292. The van der Waals surface area contributed by atoms with Crippen molar-refractivity contribution < 1.29 is 14.3 Å². The third-order valence-electron chi connectivity index (χ3n) is 4.19. The van der Waals surface area contributed by atoms with Gasteiger partial charge in [-0.15, -0.1) is 0 Å². The Morgan fingerprint density at radius 3 is 2.42 bits per heavy atom. The van der Waals surface area contributed by atoms with E-state index in [1.165, 1.54) is 24.9 Å². The van der Waals surface area contributed by atoms with Crippen molar-refractivity contribution in [3.05, 3.63) is 23.8 Å². The van der Waals surface area contributed by atoms with Gasteiger partial charge in [0.2, 0.25) is 5.91 Å². The van der Waals surface area contributed by atoms with E-state index < -0.39 is 0 Å². The van der Waals surface area contributed by atoms with Gasteiger partial charge in [-0.25, -0.2) is 0 Å². The minimum Gasteiger partial charge on any atom is -0.496 e. The molecule has 0 unspecified atom stereocenters. The van der Waals surface area contributed by atoms with Gasteiger partial charge in [-0.1, -0.05) is 12.8 Å². The number of amides is 2. The Bertz CT molecular complexity index is 579. The van der Waals surface area contributed by atoms with Crippen LogP contribution >= 0.6 is 0 Å². The number of rotatable bonds is 5. The topological polar surface area (TPSA) is 61.9 Å². The Morgan fingerprint density at radius 1 is 1.17 bits per heavy atom. The van der Waals surface area contributed by atoms with Crippen molar-refractivity contribution >= 4 is 17.5 Å². The Kier molecular flexibility index (Phi) is 6.61. The molecule has 132 valence electrons. The number of nitrogens with one attached hydrogen (secondary N) is 1. The molecule has 1 saturated heterocycles. The molecule has 0 spiro atoms. The van der Waals surface area contributed by atoms with Crippen molar-refractivity contribution in [2.24, 2.45) is 0 Å². The molecule has 24 heavy (non-hydrogen) atoms. The third kappa shape index (κ3) is 4.96. The molecule has 1 N–H and O–H groups in total. The van der Waals surface area contributed by atoms with Crippen molar-refractivity contribution in [2.75, 3.05) is 46.2 Å². The molecular weight excluding hydrogens is 306 g/mol. The van der Waals surface area contributed by atoms with Crippen molar-refractivity contribution in [2.45, 2.75) is 25.7 Å². The van der Waals surface area contributed by atoms with Crippen LogP contribution in [0.25, 0.3) is 0 Å². The molecule has 1 aromatic rings. The van der Waals surface area contributed by atoms with Gasteiger partial charge < -0.3 is 15.0 Å². The standard InChI is InChI=1S/C18H27N3O3/c1-20(2)18(23)15-12-14(8-9-16(15)24-3)19-17(22)13-21-10-6-4-5-7-11-21/h8-9,12H,4-7,10-11,13H2,1-3H3,(H,19,22). The third-order valence-corrected chi connectivity index (χ3v) is 4.19. The van der Waals surface area contributed by atoms with Gasteiger partial charge >= 0.3 is 0 Å². The number of hydrogen-bond donors (Lipinski definition) is 1. The molecule has 0 bridgehead atoms. The van der Waals surface area contributed by atoms with E-state index in [4.69, 9.17) is 4.74 Å². The van der Waals surface area contributed by atoms with Crippen LogP contribution in [0.2, 0.25) is 0 Å². The highest BCUT2D eigenvalue weighted by molar-refractivity contribution is 5.99. The average Bonchev–Trinajstić information content (AvgIpc) is 2.82. The SMILES string of the molecule is COc1ccc(NC(=O)CN2CCCCCC2)cc1C(=O)N(C)C. The minimum atomic E-state index is -0.157. The lowest BCUT2D eigenvalue weighted by molar-refractivity contribution is -0.117. The number of hydrogen-bond acceptors (Lipinski definition) is 4. The van der Waals surface area contributed by atoms with Gasteiger partial charge in [-0.2, -0.15) is 0 Å². The van der Waals surface area contributed by atoms with Crippen LogP contribution in [-0.4, -0.2) is 62.5 Å². The van der Waals surface area contributed by atoms with E-state index in [9.17, 15) is 9.59 Å². The fourth-order valence-electron chi connectivity index (χ4n) is 2.89. The van der Waals surface area contributed by atoms with Gasteiger partial charge in [-0.05, 0) is 44.1 Å². The summed E-state index contributed by atoms with van der Waals surface area (Å²) in [6, 6.07) is 5.13. The van der Waals surface area contributed by atoms with Gasteiger partial charge in [0.1, 0.15) is 5.75 Å². The predicted octanol–water partition coefficient (Wildman–Crippen LogP) is 2.21. The molecule has 0 aliphatic carbocycles.